The van der Waals surface area contributed by atoms with Gasteiger partial charge in [0.15, 0.2) is 0 Å². The SMILES string of the molecule is C=C(C1(C(C)(C)C)C=CC=C(C(C)(C)C)C1O)C1(C(C)(C)C)C=CC=C(C(C)(C)C)C1O. The van der Waals surface area contributed by atoms with Crippen molar-refractivity contribution in [1.29, 1.82) is 0 Å². The molecule has 2 rings (SSSR count). The van der Waals surface area contributed by atoms with Crippen LogP contribution in [0.1, 0.15) is 83.1 Å². The molecule has 2 nitrogen and oxygen atoms in total. The van der Waals surface area contributed by atoms with E-state index in [2.05, 4.69) is 120 Å². The quantitative estimate of drug-likeness (QED) is 0.439. The van der Waals surface area contributed by atoms with E-state index in [0.29, 0.717) is 0 Å². The van der Waals surface area contributed by atoms with E-state index in [1.165, 1.54) is 0 Å². The summed E-state index contributed by atoms with van der Waals surface area (Å²) in [7, 11) is 0. The first-order valence-corrected chi connectivity index (χ1v) is 12.0. The summed E-state index contributed by atoms with van der Waals surface area (Å²) >= 11 is 0. The van der Waals surface area contributed by atoms with Gasteiger partial charge in [-0.1, -0.05) is 132 Å². The van der Waals surface area contributed by atoms with Crippen molar-refractivity contribution in [2.75, 3.05) is 0 Å². The van der Waals surface area contributed by atoms with Crippen molar-refractivity contribution in [3.05, 3.63) is 59.8 Å². The Morgan fingerprint density at radius 3 is 1.16 bits per heavy atom. The van der Waals surface area contributed by atoms with E-state index in [1.54, 1.807) is 0 Å². The normalized spacial score (nSPS) is 31.9. The summed E-state index contributed by atoms with van der Waals surface area (Å²) in [6.45, 7) is 30.7. The Morgan fingerprint density at radius 2 is 0.938 bits per heavy atom. The van der Waals surface area contributed by atoms with Gasteiger partial charge in [0.25, 0.3) is 0 Å². The van der Waals surface area contributed by atoms with Crippen LogP contribution in [0.15, 0.2) is 59.8 Å². The average molecular weight is 441 g/mol. The minimum absolute atomic E-state index is 0.187. The molecule has 2 aliphatic rings. The van der Waals surface area contributed by atoms with Crippen LogP contribution in [0, 0.1) is 32.5 Å². The molecule has 0 aromatic heterocycles. The monoisotopic (exact) mass is 440 g/mol. The van der Waals surface area contributed by atoms with E-state index in [4.69, 9.17) is 6.58 Å². The van der Waals surface area contributed by atoms with Gasteiger partial charge in [0.1, 0.15) is 0 Å². The summed E-state index contributed by atoms with van der Waals surface area (Å²) in [5, 5.41) is 24.1. The fraction of sp³-hybridized carbons (Fsp3) is 0.667. The second-order valence-corrected chi connectivity index (χ2v) is 14.0. The fourth-order valence-electron chi connectivity index (χ4n) is 5.88. The van der Waals surface area contributed by atoms with Crippen LogP contribution in [0.4, 0.5) is 0 Å². The molecule has 0 amide bonds. The Morgan fingerprint density at radius 1 is 0.656 bits per heavy atom. The predicted molar refractivity (Wildman–Crippen MR) is 138 cm³/mol. The minimum atomic E-state index is -0.747. The van der Waals surface area contributed by atoms with Crippen molar-refractivity contribution in [3.8, 4) is 0 Å². The van der Waals surface area contributed by atoms with Crippen LogP contribution in [0.2, 0.25) is 0 Å². The molecule has 0 saturated heterocycles. The van der Waals surface area contributed by atoms with Crippen molar-refractivity contribution >= 4 is 0 Å². The van der Waals surface area contributed by atoms with Crippen LogP contribution in [0.25, 0.3) is 0 Å². The number of hydrogen-bond donors (Lipinski definition) is 2. The van der Waals surface area contributed by atoms with Gasteiger partial charge >= 0.3 is 0 Å². The maximum absolute atomic E-state index is 12.0. The van der Waals surface area contributed by atoms with Gasteiger partial charge in [0, 0.05) is 10.8 Å². The van der Waals surface area contributed by atoms with E-state index >= 15 is 0 Å². The molecule has 0 saturated carbocycles. The minimum Gasteiger partial charge on any atom is -0.387 e. The van der Waals surface area contributed by atoms with Gasteiger partial charge in [0.05, 0.1) is 12.2 Å². The Hall–Kier alpha value is -1.38. The third-order valence-corrected chi connectivity index (χ3v) is 7.93. The first-order valence-electron chi connectivity index (χ1n) is 12.0. The number of allylic oxidation sites excluding steroid dienone is 4. The lowest BCUT2D eigenvalue weighted by Gasteiger charge is -2.60. The highest BCUT2D eigenvalue weighted by Gasteiger charge is 2.61. The topological polar surface area (TPSA) is 40.5 Å². The van der Waals surface area contributed by atoms with E-state index in [9.17, 15) is 10.2 Å². The third-order valence-electron chi connectivity index (χ3n) is 7.93. The molecule has 2 N–H and O–H groups in total. The maximum atomic E-state index is 12.0. The number of rotatable bonds is 2. The van der Waals surface area contributed by atoms with Crippen molar-refractivity contribution in [3.63, 3.8) is 0 Å². The molecule has 0 aliphatic heterocycles. The van der Waals surface area contributed by atoms with Crippen LogP contribution < -0.4 is 0 Å². The standard InChI is InChI=1S/C30H48O2/c1-20(29(27(8,9)10)18-14-16-21(23(29)31)25(2,3)4)30(28(11,12)13)19-15-17-22(24(30)32)26(5,6)7/h14-19,23-24,31-32H,1H2,2-13H3. The zero-order valence-corrected chi connectivity index (χ0v) is 22.7. The van der Waals surface area contributed by atoms with Crippen LogP contribution in [-0.2, 0) is 0 Å². The smallest absolute Gasteiger partial charge is 0.0891 e. The molecule has 0 bridgehead atoms. The lowest BCUT2D eigenvalue weighted by Crippen LogP contribution is -2.58. The Balaban J connectivity index is 2.86. The molecule has 0 aromatic carbocycles. The van der Waals surface area contributed by atoms with Crippen LogP contribution in [0.5, 0.6) is 0 Å². The van der Waals surface area contributed by atoms with E-state index in [0.717, 1.165) is 16.7 Å². The molecule has 32 heavy (non-hydrogen) atoms. The summed E-state index contributed by atoms with van der Waals surface area (Å²) in [4.78, 5) is 0. The van der Waals surface area contributed by atoms with Crippen LogP contribution in [0.3, 0.4) is 0 Å². The lowest BCUT2D eigenvalue weighted by molar-refractivity contribution is -0.0380. The van der Waals surface area contributed by atoms with Crippen LogP contribution in [-0.4, -0.2) is 22.4 Å². The lowest BCUT2D eigenvalue weighted by atomic mass is 9.44. The van der Waals surface area contributed by atoms with E-state index in [-0.39, 0.29) is 21.7 Å². The van der Waals surface area contributed by atoms with Crippen molar-refractivity contribution in [1.82, 2.24) is 0 Å². The second kappa shape index (κ2) is 7.84. The van der Waals surface area contributed by atoms with Gasteiger partial charge in [-0.3, -0.25) is 0 Å². The van der Waals surface area contributed by atoms with Gasteiger partial charge in [0.2, 0.25) is 0 Å². The van der Waals surface area contributed by atoms with Gasteiger partial charge < -0.3 is 10.2 Å². The highest BCUT2D eigenvalue weighted by Crippen LogP contribution is 2.64. The molecule has 0 heterocycles. The Labute approximate surface area is 197 Å². The highest BCUT2D eigenvalue weighted by atomic mass is 16.3. The molecule has 4 unspecified atom stereocenters. The predicted octanol–water partition coefficient (Wildman–Crippen LogP) is 7.41. The van der Waals surface area contributed by atoms with Crippen LogP contribution >= 0.6 is 0 Å². The summed E-state index contributed by atoms with van der Waals surface area (Å²) in [5.41, 5.74) is 0.344. The first kappa shape index (κ1) is 26.9. The molecule has 2 heteroatoms. The highest BCUT2D eigenvalue weighted by molar-refractivity contribution is 5.49. The van der Waals surface area contributed by atoms with E-state index in [1.807, 2.05) is 0 Å². The molecule has 0 aromatic rings. The Bertz CT molecular complexity index is 796. The van der Waals surface area contributed by atoms with Gasteiger partial charge in [-0.05, 0) is 32.8 Å². The first-order chi connectivity index (χ1) is 14.2. The number of hydrogen-bond acceptors (Lipinski definition) is 2. The summed E-state index contributed by atoms with van der Waals surface area (Å²) in [6.07, 6.45) is 11.1. The molecule has 0 spiro atoms. The largest absolute Gasteiger partial charge is 0.387 e. The number of aliphatic hydroxyl groups excluding tert-OH is 2. The summed E-state index contributed by atoms with van der Waals surface area (Å²) in [5.74, 6) is 0. The average Bonchev–Trinajstić information content (AvgIpc) is 2.57. The second-order valence-electron chi connectivity index (χ2n) is 14.0. The molecular formula is C30H48O2. The molecule has 0 fully saturated rings. The van der Waals surface area contributed by atoms with Crippen molar-refractivity contribution in [2.24, 2.45) is 32.5 Å². The Kier molecular flexibility index (Phi) is 6.59. The van der Waals surface area contributed by atoms with E-state index < -0.39 is 23.0 Å². The van der Waals surface area contributed by atoms with Gasteiger partial charge in [-0.25, -0.2) is 0 Å². The number of aliphatic hydroxyl groups is 2. The van der Waals surface area contributed by atoms with Gasteiger partial charge in [-0.2, -0.15) is 0 Å². The molecule has 4 atom stereocenters. The zero-order chi connectivity index (χ0) is 25.1. The molecule has 180 valence electrons. The fourth-order valence-corrected chi connectivity index (χ4v) is 5.88. The van der Waals surface area contributed by atoms with Gasteiger partial charge in [-0.15, -0.1) is 0 Å². The molecule has 2 aliphatic carbocycles. The summed E-state index contributed by atoms with van der Waals surface area (Å²) in [6, 6.07) is 0. The summed E-state index contributed by atoms with van der Waals surface area (Å²) < 4.78 is 0. The molecule has 0 radical (unpaired) electrons. The molecular weight excluding hydrogens is 392 g/mol. The third kappa shape index (κ3) is 3.92. The van der Waals surface area contributed by atoms with Crippen molar-refractivity contribution < 1.29 is 10.2 Å². The maximum Gasteiger partial charge on any atom is 0.0891 e. The van der Waals surface area contributed by atoms with Crippen molar-refractivity contribution in [2.45, 2.75) is 95.3 Å². The zero-order valence-electron chi connectivity index (χ0n) is 22.7.